The first-order valence-corrected chi connectivity index (χ1v) is 8.33. The lowest BCUT2D eigenvalue weighted by molar-refractivity contribution is -0.383. The fraction of sp³-hybridized carbons (Fsp3) is 0.250. The minimum atomic E-state index is -0.481. The van der Waals surface area contributed by atoms with Crippen LogP contribution in [0.3, 0.4) is 0 Å². The average molecular weight is 345 g/mol. The van der Waals surface area contributed by atoms with Gasteiger partial charge in [0.1, 0.15) is 5.75 Å². The smallest absolute Gasteiger partial charge is 0.300 e. The third-order valence-electron chi connectivity index (χ3n) is 3.58. The van der Waals surface area contributed by atoms with Crippen LogP contribution in [0.15, 0.2) is 45.9 Å². The molecule has 7 nitrogen and oxygen atoms in total. The number of benzene rings is 2. The van der Waals surface area contributed by atoms with Gasteiger partial charge >= 0.3 is 5.69 Å². The van der Waals surface area contributed by atoms with Crippen LogP contribution >= 0.6 is 11.8 Å². The van der Waals surface area contributed by atoms with E-state index in [2.05, 4.69) is 27.1 Å². The quantitative estimate of drug-likeness (QED) is 0.278. The van der Waals surface area contributed by atoms with E-state index in [1.807, 2.05) is 12.1 Å². The van der Waals surface area contributed by atoms with Crippen molar-refractivity contribution in [2.24, 2.45) is 0 Å². The maximum absolute atomic E-state index is 11.0. The summed E-state index contributed by atoms with van der Waals surface area (Å²) >= 11 is 1.59. The zero-order valence-electron chi connectivity index (χ0n) is 13.0. The summed E-state index contributed by atoms with van der Waals surface area (Å²) < 4.78 is 9.80. The highest BCUT2D eigenvalue weighted by atomic mass is 32.2. The summed E-state index contributed by atoms with van der Waals surface area (Å²) in [7, 11) is 1.65. The van der Waals surface area contributed by atoms with Crippen LogP contribution in [0, 0.1) is 10.1 Å². The fourth-order valence-electron chi connectivity index (χ4n) is 2.35. The normalized spacial score (nSPS) is 10.9. The number of nitro benzene ring substituents is 1. The maximum Gasteiger partial charge on any atom is 0.300 e. The largest absolute Gasteiger partial charge is 0.497 e. The lowest BCUT2D eigenvalue weighted by atomic mass is 10.1. The molecule has 24 heavy (non-hydrogen) atoms. The molecule has 0 aliphatic heterocycles. The van der Waals surface area contributed by atoms with Crippen LogP contribution in [0.2, 0.25) is 0 Å². The summed E-state index contributed by atoms with van der Waals surface area (Å²) in [4.78, 5) is 11.3. The highest BCUT2D eigenvalue weighted by Gasteiger charge is 2.19. The van der Waals surface area contributed by atoms with E-state index in [0.29, 0.717) is 5.52 Å². The predicted molar refractivity (Wildman–Crippen MR) is 90.5 cm³/mol. The number of aromatic nitrogens is 2. The molecule has 0 fully saturated rings. The Morgan fingerprint density at radius 1 is 1.17 bits per heavy atom. The number of aryl methyl sites for hydroxylation is 1. The van der Waals surface area contributed by atoms with E-state index in [0.717, 1.165) is 29.2 Å². The number of hydrogen-bond acceptors (Lipinski definition) is 7. The van der Waals surface area contributed by atoms with E-state index >= 15 is 0 Å². The molecule has 3 rings (SSSR count). The van der Waals surface area contributed by atoms with Crippen molar-refractivity contribution >= 4 is 28.5 Å². The molecule has 124 valence electrons. The molecule has 0 atom stereocenters. The van der Waals surface area contributed by atoms with Crippen molar-refractivity contribution in [3.05, 3.63) is 52.1 Å². The fourth-order valence-corrected chi connectivity index (χ4v) is 3.29. The second-order valence-corrected chi connectivity index (χ2v) is 6.24. The van der Waals surface area contributed by atoms with Gasteiger partial charge in [0.15, 0.2) is 5.52 Å². The molecule has 0 saturated carbocycles. The molecule has 0 amide bonds. The molecule has 1 heterocycles. The van der Waals surface area contributed by atoms with E-state index in [1.165, 1.54) is 11.6 Å². The maximum atomic E-state index is 11.0. The summed E-state index contributed by atoms with van der Waals surface area (Å²) in [5.74, 6) is 1.71. The van der Waals surface area contributed by atoms with E-state index < -0.39 is 4.92 Å². The molecule has 0 bridgehead atoms. The van der Waals surface area contributed by atoms with Crippen molar-refractivity contribution in [1.82, 2.24) is 10.3 Å². The van der Waals surface area contributed by atoms with Gasteiger partial charge in [0.25, 0.3) is 0 Å². The van der Waals surface area contributed by atoms with Crippen molar-refractivity contribution in [1.29, 1.82) is 0 Å². The summed E-state index contributed by atoms with van der Waals surface area (Å²) in [6, 6.07) is 11.1. The highest BCUT2D eigenvalue weighted by Crippen LogP contribution is 2.32. The molecule has 0 unspecified atom stereocenters. The van der Waals surface area contributed by atoms with Gasteiger partial charge in [-0.3, -0.25) is 10.1 Å². The van der Waals surface area contributed by atoms with Gasteiger partial charge in [0.2, 0.25) is 5.52 Å². The van der Waals surface area contributed by atoms with Crippen molar-refractivity contribution in [3.63, 3.8) is 0 Å². The molecule has 0 saturated heterocycles. The number of hydrogen-bond donors (Lipinski definition) is 0. The number of rotatable bonds is 7. The van der Waals surface area contributed by atoms with Gasteiger partial charge in [0, 0.05) is 11.0 Å². The lowest BCUT2D eigenvalue weighted by Crippen LogP contribution is -1.92. The number of nitro groups is 1. The predicted octanol–water partition coefficient (Wildman–Crippen LogP) is 3.86. The number of nitrogens with zero attached hydrogens (tertiary/aromatic N) is 3. The molecular formula is C16H15N3O4S. The topological polar surface area (TPSA) is 91.3 Å². The van der Waals surface area contributed by atoms with Crippen molar-refractivity contribution in [2.45, 2.75) is 17.7 Å². The number of methoxy groups -OCH3 is 1. The average Bonchev–Trinajstić information content (AvgIpc) is 3.08. The third kappa shape index (κ3) is 3.48. The van der Waals surface area contributed by atoms with Crippen LogP contribution in [0.5, 0.6) is 5.75 Å². The van der Waals surface area contributed by atoms with Crippen LogP contribution in [-0.4, -0.2) is 28.1 Å². The molecular weight excluding hydrogens is 330 g/mol. The monoisotopic (exact) mass is 345 g/mol. The zero-order valence-corrected chi connectivity index (χ0v) is 13.8. The first-order valence-electron chi connectivity index (χ1n) is 7.34. The van der Waals surface area contributed by atoms with E-state index in [9.17, 15) is 10.1 Å². The Morgan fingerprint density at radius 2 is 1.92 bits per heavy atom. The first-order chi connectivity index (χ1) is 11.7. The van der Waals surface area contributed by atoms with Crippen molar-refractivity contribution in [3.8, 4) is 5.75 Å². The summed E-state index contributed by atoms with van der Waals surface area (Å²) in [5.41, 5.74) is 1.79. The number of fused-ring (bicyclic) bond motifs is 1. The number of ether oxygens (including phenoxy) is 1. The van der Waals surface area contributed by atoms with Crippen LogP contribution < -0.4 is 4.74 Å². The standard InChI is InChI=1S/C16H15N3O4S/c1-22-12-6-4-11(5-7-12)3-2-10-24-14-9-8-13(19(20)21)15-16(14)18-23-17-15/h4-9H,2-3,10H2,1H3. The minimum absolute atomic E-state index is 0.0890. The SMILES string of the molecule is COc1ccc(CCCSc2ccc([N+](=O)[O-])c3nonc23)cc1. The molecule has 0 N–H and O–H groups in total. The van der Waals surface area contributed by atoms with Gasteiger partial charge in [-0.1, -0.05) is 12.1 Å². The van der Waals surface area contributed by atoms with Crippen molar-refractivity contribution < 1.29 is 14.3 Å². The molecule has 2 aromatic carbocycles. The third-order valence-corrected chi connectivity index (χ3v) is 4.71. The Bertz CT molecular complexity index is 848. The van der Waals surface area contributed by atoms with Gasteiger partial charge in [0.05, 0.1) is 12.0 Å². The Kier molecular flexibility index (Phi) is 4.95. The zero-order chi connectivity index (χ0) is 16.9. The molecule has 8 heteroatoms. The summed E-state index contributed by atoms with van der Waals surface area (Å²) in [6.07, 6.45) is 1.92. The van der Waals surface area contributed by atoms with Gasteiger partial charge in [-0.15, -0.1) is 11.8 Å². The van der Waals surface area contributed by atoms with Crippen LogP contribution in [0.1, 0.15) is 12.0 Å². The Morgan fingerprint density at radius 3 is 2.62 bits per heavy atom. The molecule has 1 aromatic heterocycles. The van der Waals surface area contributed by atoms with Gasteiger partial charge in [-0.25, -0.2) is 4.63 Å². The molecule has 0 radical (unpaired) electrons. The lowest BCUT2D eigenvalue weighted by Gasteiger charge is -2.04. The second kappa shape index (κ2) is 7.31. The first kappa shape index (κ1) is 16.3. The van der Waals surface area contributed by atoms with Crippen LogP contribution in [0.25, 0.3) is 11.0 Å². The summed E-state index contributed by atoms with van der Waals surface area (Å²) in [5, 5.41) is 18.4. The Labute approximate surface area is 142 Å². The number of thioether (sulfide) groups is 1. The molecule has 3 aromatic rings. The van der Waals surface area contributed by atoms with Crippen LogP contribution in [0.4, 0.5) is 5.69 Å². The summed E-state index contributed by atoms with van der Waals surface area (Å²) in [6.45, 7) is 0. The molecule has 0 aliphatic rings. The van der Waals surface area contributed by atoms with E-state index in [1.54, 1.807) is 24.9 Å². The molecule has 0 aliphatic carbocycles. The van der Waals surface area contributed by atoms with E-state index in [4.69, 9.17) is 4.74 Å². The second-order valence-electron chi connectivity index (χ2n) is 5.10. The van der Waals surface area contributed by atoms with Gasteiger partial charge in [-0.05, 0) is 52.7 Å². The van der Waals surface area contributed by atoms with Gasteiger partial charge < -0.3 is 4.74 Å². The molecule has 0 spiro atoms. The van der Waals surface area contributed by atoms with Crippen LogP contribution in [-0.2, 0) is 6.42 Å². The Hall–Kier alpha value is -2.61. The number of non-ortho nitro benzene ring substituents is 1. The van der Waals surface area contributed by atoms with Crippen molar-refractivity contribution in [2.75, 3.05) is 12.9 Å². The Balaban J connectivity index is 1.60. The van der Waals surface area contributed by atoms with Gasteiger partial charge in [-0.2, -0.15) is 0 Å². The minimum Gasteiger partial charge on any atom is -0.497 e. The highest BCUT2D eigenvalue weighted by molar-refractivity contribution is 7.99. The van der Waals surface area contributed by atoms with E-state index in [-0.39, 0.29) is 11.2 Å².